The van der Waals surface area contributed by atoms with Crippen molar-refractivity contribution >= 4 is 55.0 Å². The van der Waals surface area contributed by atoms with E-state index in [0.29, 0.717) is 22.9 Å². The monoisotopic (exact) mass is 507 g/mol. The van der Waals surface area contributed by atoms with Crippen LogP contribution in [-0.4, -0.2) is 47.4 Å². The Morgan fingerprint density at radius 1 is 1.14 bits per heavy atom. The van der Waals surface area contributed by atoms with Crippen molar-refractivity contribution in [3.8, 4) is 0 Å². The van der Waals surface area contributed by atoms with Crippen molar-refractivity contribution in [2.45, 2.75) is 25.5 Å². The fourth-order valence-corrected chi connectivity index (χ4v) is 6.11. The first-order valence-corrected chi connectivity index (χ1v) is 13.7. The summed E-state index contributed by atoms with van der Waals surface area (Å²) in [7, 11) is 0. The number of likely N-dealkylation sites (N-methyl/N-ethyl adjacent to an activating group) is 1. The molecule has 0 fully saturated rings. The SMILES string of the molecule is C=CCN(C(=O)CSc1nc2c(sc3ccccc32)c(=O)n1CC[NH+](CC)CC)c1ccccc1. The van der Waals surface area contributed by atoms with Gasteiger partial charge in [-0.25, -0.2) is 4.98 Å². The zero-order chi connectivity index (χ0) is 24.8. The number of nitrogens with zero attached hydrogens (tertiary/aromatic N) is 3. The van der Waals surface area contributed by atoms with Crippen molar-refractivity contribution in [1.29, 1.82) is 0 Å². The number of carbonyl (C=O) groups is 1. The minimum Gasteiger partial charge on any atom is -0.334 e. The molecule has 1 N–H and O–H groups in total. The van der Waals surface area contributed by atoms with Crippen molar-refractivity contribution in [1.82, 2.24) is 9.55 Å². The predicted molar refractivity (Wildman–Crippen MR) is 148 cm³/mol. The lowest BCUT2D eigenvalue weighted by atomic mass is 10.2. The Morgan fingerprint density at radius 2 is 1.86 bits per heavy atom. The molecule has 6 nitrogen and oxygen atoms in total. The molecule has 0 radical (unpaired) electrons. The average Bonchev–Trinajstić information content (AvgIpc) is 3.27. The van der Waals surface area contributed by atoms with Gasteiger partial charge >= 0.3 is 0 Å². The summed E-state index contributed by atoms with van der Waals surface area (Å²) in [6, 6.07) is 17.6. The first-order chi connectivity index (χ1) is 17.1. The number of nitrogens with one attached hydrogen (secondary N) is 1. The van der Waals surface area contributed by atoms with Crippen molar-refractivity contribution in [2.24, 2.45) is 0 Å². The van der Waals surface area contributed by atoms with Gasteiger partial charge in [0.1, 0.15) is 4.70 Å². The Labute approximate surface area is 213 Å². The van der Waals surface area contributed by atoms with E-state index in [9.17, 15) is 9.59 Å². The first kappa shape index (κ1) is 25.2. The number of para-hydroxylation sites is 1. The molecule has 0 aliphatic carbocycles. The lowest BCUT2D eigenvalue weighted by Gasteiger charge is -2.21. The molecular formula is C27H31N4O2S2+. The number of hydrogen-bond donors (Lipinski definition) is 1. The van der Waals surface area contributed by atoms with Crippen LogP contribution in [0.5, 0.6) is 0 Å². The van der Waals surface area contributed by atoms with Gasteiger partial charge in [0.2, 0.25) is 5.91 Å². The van der Waals surface area contributed by atoms with Gasteiger partial charge in [0, 0.05) is 22.3 Å². The first-order valence-electron chi connectivity index (χ1n) is 11.9. The van der Waals surface area contributed by atoms with E-state index in [4.69, 9.17) is 4.98 Å². The van der Waals surface area contributed by atoms with Crippen LogP contribution in [0.15, 0.2) is 77.2 Å². The average molecular weight is 508 g/mol. The summed E-state index contributed by atoms with van der Waals surface area (Å²) in [6.45, 7) is 11.9. The third-order valence-corrected chi connectivity index (χ3v) is 8.25. The zero-order valence-corrected chi connectivity index (χ0v) is 21.8. The van der Waals surface area contributed by atoms with Gasteiger partial charge in [-0.15, -0.1) is 17.9 Å². The Balaban J connectivity index is 1.69. The number of amides is 1. The van der Waals surface area contributed by atoms with Gasteiger partial charge in [-0.1, -0.05) is 54.2 Å². The molecule has 0 aliphatic heterocycles. The number of quaternary nitrogens is 1. The highest BCUT2D eigenvalue weighted by molar-refractivity contribution is 7.99. The van der Waals surface area contributed by atoms with Crippen molar-refractivity contribution in [3.63, 3.8) is 0 Å². The molecule has 4 rings (SSSR count). The van der Waals surface area contributed by atoms with E-state index in [2.05, 4.69) is 20.4 Å². The molecule has 2 heterocycles. The van der Waals surface area contributed by atoms with Crippen LogP contribution < -0.4 is 15.4 Å². The Bertz CT molecular complexity index is 1380. The molecule has 2 aromatic heterocycles. The van der Waals surface area contributed by atoms with Gasteiger partial charge in [0.25, 0.3) is 5.56 Å². The van der Waals surface area contributed by atoms with Crippen LogP contribution in [0.25, 0.3) is 20.3 Å². The number of thioether (sulfide) groups is 1. The second-order valence-corrected chi connectivity index (χ2v) is 10.2. The summed E-state index contributed by atoms with van der Waals surface area (Å²) < 4.78 is 3.49. The van der Waals surface area contributed by atoms with E-state index in [-0.39, 0.29) is 17.2 Å². The molecule has 0 aliphatic rings. The minimum atomic E-state index is -0.0495. The molecule has 0 atom stereocenters. The minimum absolute atomic E-state index is 0.0243. The number of fused-ring (bicyclic) bond motifs is 3. The largest absolute Gasteiger partial charge is 0.334 e. The number of aromatic nitrogens is 2. The summed E-state index contributed by atoms with van der Waals surface area (Å²) in [5.41, 5.74) is 1.53. The summed E-state index contributed by atoms with van der Waals surface area (Å²) in [4.78, 5) is 34.9. The second kappa shape index (κ2) is 11.7. The van der Waals surface area contributed by atoms with E-state index in [1.54, 1.807) is 15.5 Å². The molecule has 1 amide bonds. The van der Waals surface area contributed by atoms with Gasteiger partial charge in [0.05, 0.1) is 37.4 Å². The number of carbonyl (C=O) groups excluding carboxylic acids is 1. The predicted octanol–water partition coefficient (Wildman–Crippen LogP) is 3.85. The molecule has 0 saturated heterocycles. The van der Waals surface area contributed by atoms with Crippen LogP contribution in [0.4, 0.5) is 5.69 Å². The molecule has 0 bridgehead atoms. The lowest BCUT2D eigenvalue weighted by molar-refractivity contribution is -0.897. The van der Waals surface area contributed by atoms with E-state index >= 15 is 0 Å². The molecule has 2 aromatic carbocycles. The molecule has 182 valence electrons. The molecular weight excluding hydrogens is 476 g/mol. The zero-order valence-electron chi connectivity index (χ0n) is 20.2. The van der Waals surface area contributed by atoms with Crippen LogP contribution in [0.2, 0.25) is 0 Å². The molecule has 8 heteroatoms. The Kier molecular flexibility index (Phi) is 8.38. The Hall–Kier alpha value is -2.94. The number of hydrogen-bond acceptors (Lipinski definition) is 5. The third-order valence-electron chi connectivity index (χ3n) is 6.14. The highest BCUT2D eigenvalue weighted by Crippen LogP contribution is 2.32. The van der Waals surface area contributed by atoms with E-state index in [1.165, 1.54) is 28.0 Å². The summed E-state index contributed by atoms with van der Waals surface area (Å²) in [5, 5.41) is 1.58. The van der Waals surface area contributed by atoms with Crippen LogP contribution in [0, 0.1) is 0 Å². The van der Waals surface area contributed by atoms with Gasteiger partial charge in [-0.2, -0.15) is 0 Å². The fraction of sp³-hybridized carbons (Fsp3) is 0.296. The van der Waals surface area contributed by atoms with E-state index in [0.717, 1.165) is 40.9 Å². The molecule has 0 saturated carbocycles. The maximum atomic E-state index is 13.6. The van der Waals surface area contributed by atoms with E-state index in [1.807, 2.05) is 54.6 Å². The third kappa shape index (κ3) is 5.50. The second-order valence-electron chi connectivity index (χ2n) is 8.25. The normalized spacial score (nSPS) is 11.4. The quantitative estimate of drug-likeness (QED) is 0.190. The van der Waals surface area contributed by atoms with E-state index < -0.39 is 0 Å². The Morgan fingerprint density at radius 3 is 2.57 bits per heavy atom. The van der Waals surface area contributed by atoms with Crippen LogP contribution in [0.1, 0.15) is 13.8 Å². The number of benzene rings is 2. The summed E-state index contributed by atoms with van der Waals surface area (Å²) in [6.07, 6.45) is 1.72. The van der Waals surface area contributed by atoms with Gasteiger partial charge in [0.15, 0.2) is 5.16 Å². The number of anilines is 1. The van der Waals surface area contributed by atoms with Gasteiger partial charge < -0.3 is 9.80 Å². The molecule has 35 heavy (non-hydrogen) atoms. The maximum absolute atomic E-state index is 13.6. The van der Waals surface area contributed by atoms with Gasteiger partial charge in [-0.05, 0) is 32.0 Å². The molecule has 0 spiro atoms. The molecule has 0 unspecified atom stereocenters. The molecule has 4 aromatic rings. The lowest BCUT2D eigenvalue weighted by Crippen LogP contribution is -3.11. The number of rotatable bonds is 11. The summed E-state index contributed by atoms with van der Waals surface area (Å²) >= 11 is 2.83. The van der Waals surface area contributed by atoms with Gasteiger partial charge in [-0.3, -0.25) is 14.2 Å². The van der Waals surface area contributed by atoms with Crippen LogP contribution >= 0.6 is 23.1 Å². The van der Waals surface area contributed by atoms with Crippen molar-refractivity contribution < 1.29 is 9.69 Å². The topological polar surface area (TPSA) is 59.6 Å². The smallest absolute Gasteiger partial charge is 0.272 e. The highest BCUT2D eigenvalue weighted by Gasteiger charge is 2.20. The number of thiophene rings is 1. The van der Waals surface area contributed by atoms with Crippen molar-refractivity contribution in [3.05, 3.63) is 77.6 Å². The fourth-order valence-electron chi connectivity index (χ4n) is 4.13. The van der Waals surface area contributed by atoms with Crippen molar-refractivity contribution in [2.75, 3.05) is 36.8 Å². The maximum Gasteiger partial charge on any atom is 0.272 e. The summed E-state index contributed by atoms with van der Waals surface area (Å²) in [5.74, 6) is 0.132. The van der Waals surface area contributed by atoms with Crippen LogP contribution in [-0.2, 0) is 11.3 Å². The standard InChI is InChI=1S/C27H30N4O2S2/c1-4-16-30(20-12-8-7-9-13-20)23(32)19-34-27-28-24-21-14-10-11-15-22(21)35-25(24)26(33)31(27)18-17-29(5-2)6-3/h4,7-15H,1,5-6,16-19H2,2-3H3/p+1. The van der Waals surface area contributed by atoms with Crippen LogP contribution in [0.3, 0.4) is 0 Å². The highest BCUT2D eigenvalue weighted by atomic mass is 32.2.